The van der Waals surface area contributed by atoms with Crippen molar-refractivity contribution in [3.63, 3.8) is 0 Å². The third kappa shape index (κ3) is 2.94. The van der Waals surface area contributed by atoms with Crippen LogP contribution in [0.4, 0.5) is 11.4 Å². The zero-order valence-corrected chi connectivity index (χ0v) is 13.3. The second-order valence-corrected chi connectivity index (χ2v) is 6.98. The van der Waals surface area contributed by atoms with Crippen LogP contribution >= 0.6 is 0 Å². The lowest BCUT2D eigenvalue weighted by Gasteiger charge is -2.21. The molecule has 0 unspecified atom stereocenters. The third-order valence-electron chi connectivity index (χ3n) is 3.42. The minimum absolute atomic E-state index is 0.145. The van der Waals surface area contributed by atoms with Crippen molar-refractivity contribution in [1.82, 2.24) is 0 Å². The van der Waals surface area contributed by atoms with Gasteiger partial charge in [-0.3, -0.25) is 14.4 Å². The van der Waals surface area contributed by atoms with Gasteiger partial charge in [-0.1, -0.05) is 23.8 Å². The van der Waals surface area contributed by atoms with E-state index in [2.05, 4.69) is 0 Å². The van der Waals surface area contributed by atoms with Crippen LogP contribution in [0.1, 0.15) is 11.1 Å². The number of hydrogen-bond acceptors (Lipinski definition) is 4. The van der Waals surface area contributed by atoms with E-state index in [1.54, 1.807) is 19.1 Å². The van der Waals surface area contributed by atoms with Gasteiger partial charge in [-0.15, -0.1) is 0 Å². The fourth-order valence-corrected chi connectivity index (χ4v) is 3.30. The fraction of sp³-hybridized carbons (Fsp3) is 0.200. The van der Waals surface area contributed by atoms with Crippen molar-refractivity contribution >= 4 is 21.4 Å². The first-order valence-electron chi connectivity index (χ1n) is 6.54. The maximum atomic E-state index is 12.6. The van der Waals surface area contributed by atoms with E-state index in [1.807, 2.05) is 6.92 Å². The second-order valence-electron chi connectivity index (χ2n) is 5.01. The van der Waals surface area contributed by atoms with Gasteiger partial charge < -0.3 is 0 Å². The molecule has 22 heavy (non-hydrogen) atoms. The predicted molar refractivity (Wildman–Crippen MR) is 84.6 cm³/mol. The van der Waals surface area contributed by atoms with Crippen LogP contribution in [0.3, 0.4) is 0 Å². The number of rotatable bonds is 4. The molecule has 0 spiro atoms. The van der Waals surface area contributed by atoms with E-state index < -0.39 is 14.9 Å². The van der Waals surface area contributed by atoms with Gasteiger partial charge in [-0.25, -0.2) is 8.42 Å². The molecule has 0 bridgehead atoms. The highest BCUT2D eigenvalue weighted by atomic mass is 32.2. The van der Waals surface area contributed by atoms with Crippen molar-refractivity contribution < 1.29 is 13.3 Å². The number of nitro groups is 1. The molecular weight excluding hydrogens is 304 g/mol. The molecule has 6 nitrogen and oxygen atoms in total. The van der Waals surface area contributed by atoms with Crippen LogP contribution in [0.2, 0.25) is 0 Å². The van der Waals surface area contributed by atoms with Gasteiger partial charge in [0.25, 0.3) is 15.7 Å². The Morgan fingerprint density at radius 3 is 2.18 bits per heavy atom. The lowest BCUT2D eigenvalue weighted by Crippen LogP contribution is -2.27. The summed E-state index contributed by atoms with van der Waals surface area (Å²) in [6.07, 6.45) is 0. The predicted octanol–water partition coefficient (Wildman–Crippen LogP) is 3.04. The first kappa shape index (κ1) is 16.0. The van der Waals surface area contributed by atoms with Gasteiger partial charge in [0.2, 0.25) is 0 Å². The van der Waals surface area contributed by atoms with E-state index in [1.165, 1.54) is 37.4 Å². The fourth-order valence-electron chi connectivity index (χ4n) is 2.05. The highest BCUT2D eigenvalue weighted by molar-refractivity contribution is 7.92. The van der Waals surface area contributed by atoms with E-state index in [-0.39, 0.29) is 16.3 Å². The maximum Gasteiger partial charge on any atom is 0.271 e. The van der Waals surface area contributed by atoms with Crippen LogP contribution in [0.25, 0.3) is 0 Å². The molecule has 0 aliphatic heterocycles. The molecule has 2 rings (SSSR count). The van der Waals surface area contributed by atoms with Gasteiger partial charge >= 0.3 is 0 Å². The molecule has 0 fully saturated rings. The summed E-state index contributed by atoms with van der Waals surface area (Å²) in [5.41, 5.74) is 1.73. The van der Waals surface area contributed by atoms with E-state index in [0.717, 1.165) is 9.87 Å². The Kier molecular flexibility index (Phi) is 4.18. The van der Waals surface area contributed by atoms with Crippen molar-refractivity contribution in [2.75, 3.05) is 11.4 Å². The Bertz CT molecular complexity index is 814. The Labute approximate surface area is 129 Å². The molecule has 116 valence electrons. The average molecular weight is 320 g/mol. The van der Waals surface area contributed by atoms with Crippen LogP contribution in [0, 0.1) is 24.0 Å². The molecule has 0 saturated carbocycles. The van der Waals surface area contributed by atoms with Crippen molar-refractivity contribution in [3.8, 4) is 0 Å². The summed E-state index contributed by atoms with van der Waals surface area (Å²) in [6, 6.07) is 10.6. The number of hydrogen-bond donors (Lipinski definition) is 0. The molecule has 0 N–H and O–H groups in total. The van der Waals surface area contributed by atoms with Crippen LogP contribution < -0.4 is 4.31 Å². The lowest BCUT2D eigenvalue weighted by atomic mass is 10.2. The van der Waals surface area contributed by atoms with Gasteiger partial charge in [-0.2, -0.15) is 0 Å². The highest BCUT2D eigenvalue weighted by Crippen LogP contribution is 2.29. The number of benzene rings is 2. The van der Waals surface area contributed by atoms with Gasteiger partial charge in [0.05, 0.1) is 15.5 Å². The SMILES string of the molecule is Cc1ccc(S(=O)(=O)N(C)c2cc([N+](=O)[O-])ccc2C)cc1. The lowest BCUT2D eigenvalue weighted by molar-refractivity contribution is -0.384. The molecule has 0 aromatic heterocycles. The summed E-state index contributed by atoms with van der Waals surface area (Å²) in [6.45, 7) is 3.57. The normalized spacial score (nSPS) is 11.2. The van der Waals surface area contributed by atoms with Crippen molar-refractivity contribution in [2.45, 2.75) is 18.7 Å². The first-order chi connectivity index (χ1) is 10.2. The standard InChI is InChI=1S/C15H16N2O4S/c1-11-4-8-14(9-5-11)22(20,21)16(3)15-10-13(17(18)19)7-6-12(15)2/h4-10H,1-3H3. The van der Waals surface area contributed by atoms with E-state index >= 15 is 0 Å². The molecule has 0 aliphatic rings. The summed E-state index contributed by atoms with van der Waals surface area (Å²) in [4.78, 5) is 10.5. The third-order valence-corrected chi connectivity index (χ3v) is 5.21. The average Bonchev–Trinajstić information content (AvgIpc) is 2.47. The van der Waals surface area contributed by atoms with Crippen LogP contribution in [0.5, 0.6) is 0 Å². The van der Waals surface area contributed by atoms with Gasteiger partial charge in [0.1, 0.15) is 0 Å². The van der Waals surface area contributed by atoms with Crippen molar-refractivity contribution in [1.29, 1.82) is 0 Å². The maximum absolute atomic E-state index is 12.6. The Morgan fingerprint density at radius 1 is 1.05 bits per heavy atom. The molecule has 7 heteroatoms. The highest BCUT2D eigenvalue weighted by Gasteiger charge is 2.23. The monoisotopic (exact) mass is 320 g/mol. The molecule has 0 amide bonds. The van der Waals surface area contributed by atoms with Crippen LogP contribution in [-0.2, 0) is 10.0 Å². The zero-order chi connectivity index (χ0) is 16.5. The molecule has 0 aliphatic carbocycles. The number of nitro benzene ring substituents is 1. The Morgan fingerprint density at radius 2 is 1.64 bits per heavy atom. The van der Waals surface area contributed by atoms with E-state index in [0.29, 0.717) is 5.56 Å². The van der Waals surface area contributed by atoms with Gasteiger partial charge in [-0.05, 0) is 31.5 Å². The molecule has 0 heterocycles. The second kappa shape index (κ2) is 5.76. The summed E-state index contributed by atoms with van der Waals surface area (Å²) >= 11 is 0. The number of nitrogens with zero attached hydrogens (tertiary/aromatic N) is 2. The summed E-state index contributed by atoms with van der Waals surface area (Å²) in [5.74, 6) is 0. The van der Waals surface area contributed by atoms with E-state index in [4.69, 9.17) is 0 Å². The quantitative estimate of drug-likeness (QED) is 0.640. The topological polar surface area (TPSA) is 80.5 Å². The molecule has 0 saturated heterocycles. The largest absolute Gasteiger partial charge is 0.271 e. The summed E-state index contributed by atoms with van der Waals surface area (Å²) in [5, 5.41) is 10.9. The minimum Gasteiger partial charge on any atom is -0.269 e. The van der Waals surface area contributed by atoms with Crippen molar-refractivity contribution in [3.05, 3.63) is 63.7 Å². The number of aryl methyl sites for hydroxylation is 2. The number of non-ortho nitro benzene ring substituents is 1. The minimum atomic E-state index is -3.76. The smallest absolute Gasteiger partial charge is 0.269 e. The van der Waals surface area contributed by atoms with E-state index in [9.17, 15) is 18.5 Å². The van der Waals surface area contributed by atoms with Crippen molar-refractivity contribution in [2.24, 2.45) is 0 Å². The van der Waals surface area contributed by atoms with Gasteiger partial charge in [0.15, 0.2) is 0 Å². The first-order valence-corrected chi connectivity index (χ1v) is 7.98. The Hall–Kier alpha value is -2.41. The zero-order valence-electron chi connectivity index (χ0n) is 12.5. The molecular formula is C15H16N2O4S. The Balaban J connectivity index is 2.50. The summed E-state index contributed by atoms with van der Waals surface area (Å²) in [7, 11) is -2.37. The molecule has 2 aromatic rings. The molecule has 2 aromatic carbocycles. The number of sulfonamides is 1. The van der Waals surface area contributed by atoms with Crippen LogP contribution in [-0.4, -0.2) is 20.4 Å². The summed E-state index contributed by atoms with van der Waals surface area (Å²) < 4.78 is 26.3. The molecule has 0 atom stereocenters. The van der Waals surface area contributed by atoms with Crippen LogP contribution in [0.15, 0.2) is 47.4 Å². The van der Waals surface area contributed by atoms with Gasteiger partial charge in [0, 0.05) is 19.2 Å². The molecule has 0 radical (unpaired) electrons. The number of anilines is 1.